The van der Waals surface area contributed by atoms with Crippen LogP contribution in [-0.2, 0) is 0 Å². The Morgan fingerprint density at radius 3 is 1.44 bits per heavy atom. The monoisotopic (exact) mass is 242 g/mol. The van der Waals surface area contributed by atoms with E-state index >= 15 is 0 Å². The topological polar surface area (TPSA) is 0 Å². The van der Waals surface area contributed by atoms with Gasteiger partial charge in [-0.1, -0.05) is 40.9 Å². The molecule has 0 spiro atoms. The molecule has 0 rings (SSSR count). The number of rotatable bonds is 0. The van der Waals surface area contributed by atoms with Crippen LogP contribution in [0.1, 0.15) is 36.8 Å². The standard InChI is InChI=1S/C3H8.C2H6.CH3B.BI/c1-3-2;3*1-2/h3H2,1-2H3;1-2H3;1H3;/i;2*1T;. The molecule has 0 aromatic carbocycles. The zero-order chi connectivity index (χ0) is 10.1. The number of hydrogen-bond donors (Lipinski definition) is 0. The number of hydrogen-bond acceptors (Lipinski definition) is 0. The van der Waals surface area contributed by atoms with E-state index in [0.717, 1.165) is 0 Å². The van der Waals surface area contributed by atoms with Crippen LogP contribution in [0.15, 0.2) is 0 Å². The van der Waals surface area contributed by atoms with Crippen molar-refractivity contribution in [2.75, 3.05) is 0 Å². The summed E-state index contributed by atoms with van der Waals surface area (Å²) in [4.78, 5) is 0. The van der Waals surface area contributed by atoms with Crippen molar-refractivity contribution in [3.8, 4) is 0 Å². The second-order valence-corrected chi connectivity index (χ2v) is 0.707. The summed E-state index contributed by atoms with van der Waals surface area (Å²) in [6.07, 6.45) is 1.25. The summed E-state index contributed by atoms with van der Waals surface area (Å²) in [5.41, 5.74) is 4.47. The van der Waals surface area contributed by atoms with Crippen molar-refractivity contribution in [2.24, 2.45) is 0 Å². The van der Waals surface area contributed by atoms with Gasteiger partial charge in [0.15, 0.2) is 5.70 Å². The quantitative estimate of drug-likeness (QED) is 0.452. The van der Waals surface area contributed by atoms with Gasteiger partial charge in [0.1, 0.15) is 0 Å². The Morgan fingerprint density at radius 2 is 1.44 bits per heavy atom. The highest BCUT2D eigenvalue weighted by molar-refractivity contribution is 14.1. The van der Waals surface area contributed by atoms with Crippen LogP contribution < -0.4 is 0 Å². The minimum atomic E-state index is 0. The molecule has 0 amide bonds. The summed E-state index contributed by atoms with van der Waals surface area (Å²) in [7, 11) is 4.51. The first-order valence-corrected chi connectivity index (χ1v) is 3.99. The van der Waals surface area contributed by atoms with Crippen LogP contribution in [-0.4, -0.2) is 13.5 Å². The van der Waals surface area contributed by atoms with Crippen LogP contribution in [0, 0.1) is 0 Å². The first-order chi connectivity index (χ1) is 5.24. The highest BCUT2D eigenvalue weighted by Crippen LogP contribution is 1.56. The lowest BCUT2D eigenvalue weighted by Crippen LogP contribution is -1.27. The van der Waals surface area contributed by atoms with Crippen molar-refractivity contribution in [1.29, 1.82) is 0 Å². The zero-order valence-electron chi connectivity index (χ0n) is 8.65. The molecule has 4 radical (unpaired) electrons. The maximum absolute atomic E-state index is 6.21. The second-order valence-electron chi connectivity index (χ2n) is 0.707. The van der Waals surface area contributed by atoms with Crippen molar-refractivity contribution in [3.05, 3.63) is 0 Å². The highest BCUT2D eigenvalue weighted by Gasteiger charge is 1.35. The summed E-state index contributed by atoms with van der Waals surface area (Å²) < 4.78 is 12.2. The Kier molecular flexibility index (Phi) is 220. The van der Waals surface area contributed by atoms with Gasteiger partial charge >= 0.3 is 0 Å². The molecule has 0 saturated heterocycles. The summed E-state index contributed by atoms with van der Waals surface area (Å²) in [6, 6.07) is 0. The van der Waals surface area contributed by atoms with Gasteiger partial charge in [-0.05, 0) is 0 Å². The molecular weight excluding hydrogens is 221 g/mol. The average Bonchev–Trinajstić information content (AvgIpc) is 1.96. The summed E-state index contributed by atoms with van der Waals surface area (Å²) in [5.74, 6) is 0. The molecule has 0 atom stereocenters. The van der Waals surface area contributed by atoms with E-state index in [-0.39, 0.29) is 6.80 Å². The van der Waals surface area contributed by atoms with Crippen LogP contribution >= 0.6 is 22.4 Å². The van der Waals surface area contributed by atoms with Gasteiger partial charge < -0.3 is 0 Å². The normalized spacial score (nSPS) is 6.67. The van der Waals surface area contributed by atoms with Crippen molar-refractivity contribution >= 4 is 35.9 Å². The first-order valence-electron chi connectivity index (χ1n) is 4.16. The molecule has 0 unspecified atom stereocenters. The summed E-state index contributed by atoms with van der Waals surface area (Å²) in [6.45, 7) is 6.54. The largest absolute Gasteiger partial charge is 0.169 e. The molecule has 0 heterocycles. The maximum Gasteiger partial charge on any atom is 0.169 e. The lowest BCUT2D eigenvalue weighted by atomic mass is 10.2. The molecule has 0 saturated carbocycles. The Balaban J connectivity index is -0.0000000301. The number of halogens is 1. The third kappa shape index (κ3) is 564. The Bertz CT molecular complexity index is 23.3. The van der Waals surface area contributed by atoms with Crippen LogP contribution in [0.5, 0.6) is 0 Å². The SMILES string of the molecule is CCC.[3H]CC.[3H]C[B].[B]I. The maximum atomic E-state index is 6.21. The van der Waals surface area contributed by atoms with Crippen molar-refractivity contribution in [1.82, 2.24) is 0 Å². The fourth-order valence-electron chi connectivity index (χ4n) is 0. The molecule has 9 heavy (non-hydrogen) atoms. The molecule has 3 heteroatoms. The van der Waals surface area contributed by atoms with Gasteiger partial charge in [-0.2, -0.15) is 22.4 Å². The van der Waals surface area contributed by atoms with Gasteiger partial charge in [-0.25, -0.2) is 0 Å². The van der Waals surface area contributed by atoms with Gasteiger partial charge in [0.05, 0.1) is 7.85 Å². The van der Waals surface area contributed by atoms with E-state index in [1.54, 1.807) is 29.3 Å². The molecular formula is C6H17B2I. The van der Waals surface area contributed by atoms with Crippen LogP contribution in [0.4, 0.5) is 0 Å². The predicted molar refractivity (Wildman–Crippen MR) is 58.7 cm³/mol. The summed E-state index contributed by atoms with van der Waals surface area (Å²) >= 11 is 1.65. The average molecular weight is 242 g/mol. The first kappa shape index (κ1) is 12.5. The molecule has 0 N–H and O–H groups in total. The molecule has 0 aliphatic rings. The van der Waals surface area contributed by atoms with Crippen LogP contribution in [0.2, 0.25) is 6.80 Å². The lowest BCUT2D eigenvalue weighted by molar-refractivity contribution is 1.09. The smallest absolute Gasteiger partial charge is 0.169 e. The fraction of sp³-hybridized carbons (Fsp3) is 1.00. The Hall–Kier alpha value is 0.860. The zero-order valence-corrected chi connectivity index (χ0v) is 8.81. The van der Waals surface area contributed by atoms with Gasteiger partial charge in [-0.3, -0.25) is 0 Å². The van der Waals surface area contributed by atoms with Crippen molar-refractivity contribution in [2.45, 2.75) is 40.9 Å². The fourth-order valence-corrected chi connectivity index (χ4v) is 0. The Labute approximate surface area is 79.7 Å². The summed E-state index contributed by atoms with van der Waals surface area (Å²) in [5, 5.41) is 0. The van der Waals surface area contributed by atoms with E-state index in [2.05, 4.69) is 27.4 Å². The Morgan fingerprint density at radius 1 is 1.44 bits per heavy atom. The van der Waals surface area contributed by atoms with E-state index in [1.807, 2.05) is 0 Å². The third-order valence-corrected chi connectivity index (χ3v) is 0. The second kappa shape index (κ2) is 158. The van der Waals surface area contributed by atoms with Gasteiger partial charge in [-0.15, -0.1) is 0 Å². The molecule has 0 nitrogen and oxygen atoms in total. The molecule has 0 aromatic heterocycles. The van der Waals surface area contributed by atoms with Crippen molar-refractivity contribution in [3.63, 3.8) is 0 Å². The van der Waals surface area contributed by atoms with E-state index in [4.69, 9.17) is 2.74 Å². The lowest BCUT2D eigenvalue weighted by Gasteiger charge is -1.48. The predicted octanol–water partition coefficient (Wildman–Crippen LogP) is 3.15. The van der Waals surface area contributed by atoms with Crippen molar-refractivity contribution < 1.29 is 2.74 Å². The molecule has 0 aromatic rings. The molecule has 0 aliphatic carbocycles. The minimum Gasteiger partial charge on any atom is -0.169 e. The molecule has 54 valence electrons. The highest BCUT2D eigenvalue weighted by atomic mass is 127. The van der Waals surface area contributed by atoms with Crippen LogP contribution in [0.3, 0.4) is 0 Å². The van der Waals surface area contributed by atoms with E-state index in [0.29, 0.717) is 6.90 Å². The van der Waals surface area contributed by atoms with Gasteiger partial charge in [0.2, 0.25) is 0 Å². The third-order valence-electron chi connectivity index (χ3n) is 0. The van der Waals surface area contributed by atoms with E-state index in [9.17, 15) is 0 Å². The molecule has 0 aliphatic heterocycles. The van der Waals surface area contributed by atoms with Gasteiger partial charge in [0, 0.05) is 2.74 Å². The molecule has 0 fully saturated rings. The molecule has 0 bridgehead atoms. The van der Waals surface area contributed by atoms with E-state index < -0.39 is 0 Å². The van der Waals surface area contributed by atoms with E-state index in [1.165, 1.54) is 6.42 Å². The van der Waals surface area contributed by atoms with Crippen LogP contribution in [0.25, 0.3) is 0 Å². The minimum absolute atomic E-state index is 0. The van der Waals surface area contributed by atoms with Gasteiger partial charge in [0.25, 0.3) is 0 Å².